The second-order valence-electron chi connectivity index (χ2n) is 3.04. The van der Waals surface area contributed by atoms with Gasteiger partial charge in [-0.1, -0.05) is 22.0 Å². The molecule has 1 aromatic rings. The Morgan fingerprint density at radius 1 is 1.47 bits per heavy atom. The van der Waals surface area contributed by atoms with Crippen LogP contribution in [0.2, 0.25) is 0 Å². The van der Waals surface area contributed by atoms with Crippen LogP contribution in [0.5, 0.6) is 0 Å². The van der Waals surface area contributed by atoms with E-state index in [4.69, 9.17) is 0 Å². The predicted octanol–water partition coefficient (Wildman–Crippen LogP) is 3.42. The molecule has 0 saturated heterocycles. The highest BCUT2D eigenvalue weighted by atomic mass is 79.9. The lowest BCUT2D eigenvalue weighted by molar-refractivity contribution is -0.115. The lowest BCUT2D eigenvalue weighted by Crippen LogP contribution is -2.04. The number of hydrogen-bond acceptors (Lipinski definition) is 2. The van der Waals surface area contributed by atoms with E-state index in [0.717, 1.165) is 0 Å². The van der Waals surface area contributed by atoms with Crippen LogP contribution < -0.4 is 0 Å². The summed E-state index contributed by atoms with van der Waals surface area (Å²) in [5.74, 6) is -0.0397. The summed E-state index contributed by atoms with van der Waals surface area (Å²) in [6, 6.07) is 4.45. The van der Waals surface area contributed by atoms with Crippen molar-refractivity contribution in [3.8, 4) is 0 Å². The quantitative estimate of drug-likeness (QED) is 0.665. The number of carbonyl (C=O) groups is 1. The highest BCUT2D eigenvalue weighted by Crippen LogP contribution is 2.26. The van der Waals surface area contributed by atoms with Gasteiger partial charge in [-0.25, -0.2) is 8.78 Å². The Kier molecular flexibility index (Phi) is 4.73. The largest absolute Gasteiger partial charge is 0.298 e. The monoisotopic (exact) mass is 294 g/mol. The van der Waals surface area contributed by atoms with Crippen molar-refractivity contribution in [3.05, 3.63) is 29.3 Å². The third-order valence-corrected chi connectivity index (χ3v) is 2.91. The van der Waals surface area contributed by atoms with Crippen molar-refractivity contribution >= 4 is 34.3 Å². The van der Waals surface area contributed by atoms with Crippen LogP contribution in [-0.4, -0.2) is 11.1 Å². The molecule has 0 aliphatic carbocycles. The molecule has 0 aliphatic heterocycles. The SMILES string of the molecule is O=C(CBr)Cc1ccc(S)c(C(F)F)c1. The molecule has 0 unspecified atom stereocenters. The molecule has 82 valence electrons. The van der Waals surface area contributed by atoms with Gasteiger partial charge in [0, 0.05) is 16.9 Å². The van der Waals surface area contributed by atoms with Gasteiger partial charge in [-0.15, -0.1) is 12.6 Å². The molecule has 1 nitrogen and oxygen atoms in total. The second kappa shape index (κ2) is 5.61. The molecule has 0 fully saturated rings. The fourth-order valence-electron chi connectivity index (χ4n) is 1.16. The highest BCUT2D eigenvalue weighted by molar-refractivity contribution is 9.09. The van der Waals surface area contributed by atoms with Crippen LogP contribution in [0.15, 0.2) is 23.1 Å². The molecule has 0 N–H and O–H groups in total. The second-order valence-corrected chi connectivity index (χ2v) is 4.09. The first-order valence-corrected chi connectivity index (χ1v) is 5.79. The number of alkyl halides is 3. The summed E-state index contributed by atoms with van der Waals surface area (Å²) in [4.78, 5) is 11.3. The Hall–Kier alpha value is -0.420. The fraction of sp³-hybridized carbons (Fsp3) is 0.300. The van der Waals surface area contributed by atoms with Gasteiger partial charge >= 0.3 is 0 Å². The van der Waals surface area contributed by atoms with Crippen molar-refractivity contribution < 1.29 is 13.6 Å². The maximum absolute atomic E-state index is 12.5. The summed E-state index contributed by atoms with van der Waals surface area (Å²) in [6.07, 6.45) is -2.39. The number of thiol groups is 1. The zero-order valence-corrected chi connectivity index (χ0v) is 10.2. The zero-order chi connectivity index (χ0) is 11.4. The van der Waals surface area contributed by atoms with E-state index < -0.39 is 6.43 Å². The molecule has 0 aromatic heterocycles. The number of carbonyl (C=O) groups excluding carboxylic acids is 1. The summed E-state index contributed by atoms with van der Waals surface area (Å²) in [7, 11) is 0. The number of rotatable bonds is 4. The van der Waals surface area contributed by atoms with Gasteiger partial charge in [0.2, 0.25) is 0 Å². The average Bonchev–Trinajstić information content (AvgIpc) is 2.20. The molecule has 0 saturated carbocycles. The molecule has 0 bridgehead atoms. The van der Waals surface area contributed by atoms with Crippen molar-refractivity contribution in [2.45, 2.75) is 17.7 Å². The molecule has 1 aromatic carbocycles. The third-order valence-electron chi connectivity index (χ3n) is 1.88. The molecular weight excluding hydrogens is 286 g/mol. The van der Waals surface area contributed by atoms with Gasteiger partial charge in [-0.2, -0.15) is 0 Å². The summed E-state index contributed by atoms with van der Waals surface area (Å²) in [5.41, 5.74) is 0.464. The molecule has 0 radical (unpaired) electrons. The van der Waals surface area contributed by atoms with E-state index in [1.165, 1.54) is 12.1 Å². The first-order valence-electron chi connectivity index (χ1n) is 4.22. The van der Waals surface area contributed by atoms with Crippen molar-refractivity contribution in [2.24, 2.45) is 0 Å². The average molecular weight is 295 g/mol. The fourth-order valence-corrected chi connectivity index (χ4v) is 1.60. The minimum Gasteiger partial charge on any atom is -0.298 e. The van der Waals surface area contributed by atoms with Crippen molar-refractivity contribution in [1.82, 2.24) is 0 Å². The van der Waals surface area contributed by atoms with Gasteiger partial charge in [0.1, 0.15) is 5.78 Å². The third kappa shape index (κ3) is 3.57. The van der Waals surface area contributed by atoms with E-state index >= 15 is 0 Å². The molecular formula is C10H9BrF2OS. The maximum atomic E-state index is 12.5. The van der Waals surface area contributed by atoms with Gasteiger partial charge in [0.05, 0.1) is 5.33 Å². The Labute approximate surface area is 100 Å². The molecule has 0 spiro atoms. The predicted molar refractivity (Wildman–Crippen MR) is 61.2 cm³/mol. The van der Waals surface area contributed by atoms with Crippen molar-refractivity contribution in [3.63, 3.8) is 0 Å². The smallest absolute Gasteiger partial charge is 0.264 e. The van der Waals surface area contributed by atoms with E-state index in [2.05, 4.69) is 28.6 Å². The van der Waals surface area contributed by atoms with Crippen LogP contribution in [0, 0.1) is 0 Å². The first kappa shape index (κ1) is 12.6. The van der Waals surface area contributed by atoms with Crippen LogP contribution >= 0.6 is 28.6 Å². The van der Waals surface area contributed by atoms with Gasteiger partial charge in [-0.05, 0) is 17.7 Å². The van der Waals surface area contributed by atoms with Crippen LogP contribution in [0.3, 0.4) is 0 Å². The van der Waals surface area contributed by atoms with E-state index in [0.29, 0.717) is 5.56 Å². The van der Waals surface area contributed by atoms with Crippen LogP contribution in [0.4, 0.5) is 8.78 Å². The Morgan fingerprint density at radius 3 is 2.67 bits per heavy atom. The first-order chi connectivity index (χ1) is 7.04. The van der Waals surface area contributed by atoms with Gasteiger partial charge in [-0.3, -0.25) is 4.79 Å². The zero-order valence-electron chi connectivity index (χ0n) is 7.71. The van der Waals surface area contributed by atoms with Crippen LogP contribution in [0.25, 0.3) is 0 Å². The van der Waals surface area contributed by atoms with Crippen molar-refractivity contribution in [1.29, 1.82) is 0 Å². The molecule has 15 heavy (non-hydrogen) atoms. The number of Topliss-reactive ketones (excluding diaryl/α,β-unsaturated/α-hetero) is 1. The number of hydrogen-bond donors (Lipinski definition) is 1. The Bertz CT molecular complexity index is 368. The van der Waals surface area contributed by atoms with E-state index in [-0.39, 0.29) is 28.0 Å². The standard InChI is InChI=1S/C10H9BrF2OS/c11-5-7(14)3-6-1-2-9(15)8(4-6)10(12)13/h1-2,4,10,15H,3,5H2. The minimum absolute atomic E-state index is 0.0397. The van der Waals surface area contributed by atoms with Crippen LogP contribution in [-0.2, 0) is 11.2 Å². The van der Waals surface area contributed by atoms with Gasteiger partial charge in [0.15, 0.2) is 0 Å². The lowest BCUT2D eigenvalue weighted by Gasteiger charge is -2.06. The minimum atomic E-state index is -2.56. The summed E-state index contributed by atoms with van der Waals surface area (Å²) in [5, 5.41) is 0.236. The molecule has 5 heteroatoms. The lowest BCUT2D eigenvalue weighted by atomic mass is 10.1. The van der Waals surface area contributed by atoms with Crippen LogP contribution in [0.1, 0.15) is 17.6 Å². The van der Waals surface area contributed by atoms with Gasteiger partial charge < -0.3 is 0 Å². The van der Waals surface area contributed by atoms with E-state index in [1.54, 1.807) is 6.07 Å². The molecule has 0 heterocycles. The maximum Gasteiger partial charge on any atom is 0.264 e. The Morgan fingerprint density at radius 2 is 2.13 bits per heavy atom. The number of benzene rings is 1. The summed E-state index contributed by atoms with van der Waals surface area (Å²) in [6.45, 7) is 0. The molecule has 1 rings (SSSR count). The van der Waals surface area contributed by atoms with E-state index in [9.17, 15) is 13.6 Å². The van der Waals surface area contributed by atoms with Gasteiger partial charge in [0.25, 0.3) is 6.43 Å². The van der Waals surface area contributed by atoms with Crippen molar-refractivity contribution in [2.75, 3.05) is 5.33 Å². The highest BCUT2D eigenvalue weighted by Gasteiger charge is 2.12. The normalized spacial score (nSPS) is 10.7. The summed E-state index contributed by atoms with van der Waals surface area (Å²) < 4.78 is 25.0. The molecule has 0 aliphatic rings. The molecule has 0 amide bonds. The number of ketones is 1. The van der Waals surface area contributed by atoms with E-state index in [1.807, 2.05) is 0 Å². The Balaban J connectivity index is 2.92. The summed E-state index contributed by atoms with van der Waals surface area (Å²) >= 11 is 6.95. The molecule has 0 atom stereocenters. The topological polar surface area (TPSA) is 17.1 Å². The number of halogens is 3.